The molecule has 0 amide bonds. The van der Waals surface area contributed by atoms with Crippen LogP contribution in [0, 0.1) is 0 Å². The van der Waals surface area contributed by atoms with Crippen LogP contribution < -0.4 is 0 Å². The van der Waals surface area contributed by atoms with Crippen molar-refractivity contribution < 1.29 is 0 Å². The predicted octanol–water partition coefficient (Wildman–Crippen LogP) is 3.17. The van der Waals surface area contributed by atoms with E-state index in [0.717, 1.165) is 5.25 Å². The van der Waals surface area contributed by atoms with Crippen LogP contribution in [0.2, 0.25) is 0 Å². The van der Waals surface area contributed by atoms with Crippen LogP contribution in [0.15, 0.2) is 15.7 Å². The van der Waals surface area contributed by atoms with Gasteiger partial charge in [0.25, 0.3) is 0 Å². The Morgan fingerprint density at radius 1 is 1.60 bits per heavy atom. The zero-order valence-corrected chi connectivity index (χ0v) is 7.60. The highest BCUT2D eigenvalue weighted by atomic mass is 32.2. The van der Waals surface area contributed by atoms with E-state index >= 15 is 0 Å². The van der Waals surface area contributed by atoms with E-state index in [1.165, 1.54) is 12.8 Å². The molecule has 0 unspecified atom stereocenters. The quantitative estimate of drug-likeness (QED) is 0.576. The zero-order chi connectivity index (χ0) is 6.97. The molecule has 0 bridgehead atoms. The number of fused-ring (bicyclic) bond motifs is 1. The van der Waals surface area contributed by atoms with Gasteiger partial charge in [-0.25, -0.2) is 0 Å². The van der Waals surface area contributed by atoms with E-state index < -0.39 is 0 Å². The van der Waals surface area contributed by atoms with Gasteiger partial charge in [-0.05, 0) is 29.9 Å². The van der Waals surface area contributed by atoms with Gasteiger partial charge in [0, 0.05) is 5.25 Å². The molecule has 0 saturated heterocycles. The number of thiophene rings is 1. The van der Waals surface area contributed by atoms with Crippen molar-refractivity contribution in [2.75, 3.05) is 0 Å². The number of rotatable bonds is 0. The SMILES string of the molecule is C[C@H]1CCc2ccsc2S1. The third-order valence-corrected chi connectivity index (χ3v) is 4.28. The molecule has 0 fully saturated rings. The largest absolute Gasteiger partial charge is 0.137 e. The van der Waals surface area contributed by atoms with Gasteiger partial charge in [0.2, 0.25) is 0 Å². The minimum atomic E-state index is 0.839. The third kappa shape index (κ3) is 1.10. The number of hydrogen-bond donors (Lipinski definition) is 0. The number of hydrogen-bond acceptors (Lipinski definition) is 2. The standard InChI is InChI=1S/C8H10S2/c1-6-2-3-7-4-5-9-8(7)10-6/h4-6H,2-3H2,1H3/t6-/m0/s1. The average Bonchev–Trinajstić information content (AvgIpc) is 2.33. The second-order valence-corrected chi connectivity index (χ2v) is 5.32. The summed E-state index contributed by atoms with van der Waals surface area (Å²) in [6.07, 6.45) is 2.65. The van der Waals surface area contributed by atoms with Crippen LogP contribution in [0.5, 0.6) is 0 Å². The van der Waals surface area contributed by atoms with Crippen molar-refractivity contribution in [1.29, 1.82) is 0 Å². The van der Waals surface area contributed by atoms with E-state index in [-0.39, 0.29) is 0 Å². The van der Waals surface area contributed by atoms with E-state index in [1.807, 2.05) is 23.1 Å². The van der Waals surface area contributed by atoms with Crippen LogP contribution in [-0.4, -0.2) is 5.25 Å². The van der Waals surface area contributed by atoms with Gasteiger partial charge in [0.15, 0.2) is 0 Å². The fourth-order valence-electron chi connectivity index (χ4n) is 1.21. The van der Waals surface area contributed by atoms with Crippen molar-refractivity contribution in [3.8, 4) is 0 Å². The summed E-state index contributed by atoms with van der Waals surface area (Å²) in [7, 11) is 0. The first-order valence-corrected chi connectivity index (χ1v) is 5.35. The normalized spacial score (nSPS) is 24.3. The van der Waals surface area contributed by atoms with Crippen molar-refractivity contribution in [1.82, 2.24) is 0 Å². The van der Waals surface area contributed by atoms with E-state index in [4.69, 9.17) is 0 Å². The van der Waals surface area contributed by atoms with Gasteiger partial charge in [0.05, 0.1) is 4.21 Å². The zero-order valence-electron chi connectivity index (χ0n) is 5.96. The molecular formula is C8H10S2. The van der Waals surface area contributed by atoms with Crippen LogP contribution >= 0.6 is 23.1 Å². The van der Waals surface area contributed by atoms with Crippen LogP contribution in [0.1, 0.15) is 18.9 Å². The van der Waals surface area contributed by atoms with Gasteiger partial charge >= 0.3 is 0 Å². The highest BCUT2D eigenvalue weighted by molar-refractivity contribution is 8.01. The van der Waals surface area contributed by atoms with Gasteiger partial charge in [-0.2, -0.15) is 0 Å². The molecule has 1 aromatic heterocycles. The van der Waals surface area contributed by atoms with E-state index in [2.05, 4.69) is 18.4 Å². The van der Waals surface area contributed by atoms with Crippen LogP contribution in [0.3, 0.4) is 0 Å². The summed E-state index contributed by atoms with van der Waals surface area (Å²) < 4.78 is 1.55. The summed E-state index contributed by atoms with van der Waals surface area (Å²) in [6, 6.07) is 2.26. The molecule has 54 valence electrons. The molecule has 0 aromatic carbocycles. The maximum Gasteiger partial charge on any atom is 0.0633 e. The molecular weight excluding hydrogens is 160 g/mol. The van der Waals surface area contributed by atoms with Crippen molar-refractivity contribution in [3.05, 3.63) is 17.0 Å². The molecule has 2 rings (SSSR count). The first kappa shape index (κ1) is 6.74. The summed E-state index contributed by atoms with van der Waals surface area (Å²) in [5, 5.41) is 3.04. The van der Waals surface area contributed by atoms with E-state index in [9.17, 15) is 0 Å². The highest BCUT2D eigenvalue weighted by Gasteiger charge is 2.15. The minimum absolute atomic E-state index is 0.839. The lowest BCUT2D eigenvalue weighted by Crippen LogP contribution is -2.03. The molecule has 2 heterocycles. The van der Waals surface area contributed by atoms with Gasteiger partial charge in [-0.15, -0.1) is 23.1 Å². The Kier molecular flexibility index (Phi) is 1.75. The smallest absolute Gasteiger partial charge is 0.0633 e. The molecule has 0 saturated carbocycles. The fraction of sp³-hybridized carbons (Fsp3) is 0.500. The lowest BCUT2D eigenvalue weighted by Gasteiger charge is -2.16. The van der Waals surface area contributed by atoms with Crippen molar-refractivity contribution >= 4 is 23.1 Å². The van der Waals surface area contributed by atoms with Gasteiger partial charge in [0.1, 0.15) is 0 Å². The summed E-state index contributed by atoms with van der Waals surface area (Å²) in [6.45, 7) is 2.31. The Bertz CT molecular complexity index is 227. The molecule has 0 aliphatic carbocycles. The summed E-state index contributed by atoms with van der Waals surface area (Å²) in [5.74, 6) is 0. The molecule has 0 nitrogen and oxygen atoms in total. The topological polar surface area (TPSA) is 0 Å². The first-order valence-electron chi connectivity index (χ1n) is 3.59. The molecule has 0 radical (unpaired) electrons. The third-order valence-electron chi connectivity index (χ3n) is 1.83. The average molecular weight is 170 g/mol. The molecule has 1 aliphatic heterocycles. The molecule has 1 aromatic rings. The molecule has 2 heteroatoms. The van der Waals surface area contributed by atoms with Gasteiger partial charge in [-0.1, -0.05) is 6.92 Å². The Balaban J connectivity index is 2.30. The summed E-state index contributed by atoms with van der Waals surface area (Å²) >= 11 is 3.93. The second kappa shape index (κ2) is 2.59. The van der Waals surface area contributed by atoms with Gasteiger partial charge < -0.3 is 0 Å². The van der Waals surface area contributed by atoms with Crippen LogP contribution in [0.25, 0.3) is 0 Å². The van der Waals surface area contributed by atoms with Crippen LogP contribution in [0.4, 0.5) is 0 Å². The first-order chi connectivity index (χ1) is 4.86. The second-order valence-electron chi connectivity index (χ2n) is 2.70. The van der Waals surface area contributed by atoms with E-state index in [1.54, 1.807) is 9.77 Å². The molecule has 1 atom stereocenters. The highest BCUT2D eigenvalue weighted by Crippen LogP contribution is 2.38. The maximum atomic E-state index is 2.31. The Morgan fingerprint density at radius 2 is 2.50 bits per heavy atom. The van der Waals surface area contributed by atoms with Crippen molar-refractivity contribution in [3.63, 3.8) is 0 Å². The number of thioether (sulfide) groups is 1. The van der Waals surface area contributed by atoms with Crippen molar-refractivity contribution in [2.45, 2.75) is 29.2 Å². The Hall–Kier alpha value is 0.0500. The molecule has 0 N–H and O–H groups in total. The number of aryl methyl sites for hydroxylation is 1. The predicted molar refractivity (Wildman–Crippen MR) is 48.0 cm³/mol. The maximum absolute atomic E-state index is 2.31. The molecule has 1 aliphatic rings. The summed E-state index contributed by atoms with van der Waals surface area (Å²) in [4.78, 5) is 0. The molecule has 10 heavy (non-hydrogen) atoms. The monoisotopic (exact) mass is 170 g/mol. The minimum Gasteiger partial charge on any atom is -0.137 e. The van der Waals surface area contributed by atoms with Crippen LogP contribution in [-0.2, 0) is 6.42 Å². The van der Waals surface area contributed by atoms with Crippen molar-refractivity contribution in [2.24, 2.45) is 0 Å². The fourth-order valence-corrected chi connectivity index (χ4v) is 3.69. The lowest BCUT2D eigenvalue weighted by atomic mass is 10.1. The lowest BCUT2D eigenvalue weighted by molar-refractivity contribution is 0.789. The van der Waals surface area contributed by atoms with E-state index in [0.29, 0.717) is 0 Å². The Morgan fingerprint density at radius 3 is 3.40 bits per heavy atom. The molecule has 0 spiro atoms. The summed E-state index contributed by atoms with van der Waals surface area (Å²) in [5.41, 5.74) is 1.58. The Labute approximate surface area is 69.6 Å². The van der Waals surface area contributed by atoms with Gasteiger partial charge in [-0.3, -0.25) is 0 Å².